The van der Waals surface area contributed by atoms with Gasteiger partial charge in [-0.05, 0) is 32.1 Å². The van der Waals surface area contributed by atoms with Gasteiger partial charge in [0.2, 0.25) is 0 Å². The molecule has 0 aromatic rings. The van der Waals surface area contributed by atoms with E-state index >= 15 is 0 Å². The highest BCUT2D eigenvalue weighted by Gasteiger charge is 2.24. The molecule has 0 aliphatic rings. The summed E-state index contributed by atoms with van der Waals surface area (Å²) in [4.78, 5) is 23.2. The summed E-state index contributed by atoms with van der Waals surface area (Å²) in [5.41, 5.74) is 0. The average Bonchev–Trinajstić information content (AvgIpc) is 2.93. The Morgan fingerprint density at radius 2 is 1.17 bits per heavy atom. The molecular formula is C35H67NO6. The second kappa shape index (κ2) is 28.3. The van der Waals surface area contributed by atoms with Gasteiger partial charge in [-0.25, -0.2) is 0 Å². The van der Waals surface area contributed by atoms with Crippen LogP contribution in [0.25, 0.3) is 0 Å². The maximum absolute atomic E-state index is 11.9. The Labute approximate surface area is 259 Å². The predicted molar refractivity (Wildman–Crippen MR) is 171 cm³/mol. The lowest BCUT2D eigenvalue weighted by Gasteiger charge is -2.34. The van der Waals surface area contributed by atoms with Gasteiger partial charge in [0.1, 0.15) is 18.8 Å². The summed E-state index contributed by atoms with van der Waals surface area (Å²) in [5.74, 6) is -1.41. The van der Waals surface area contributed by atoms with Crippen molar-refractivity contribution < 1.29 is 33.8 Å². The van der Waals surface area contributed by atoms with E-state index in [4.69, 9.17) is 9.47 Å². The second-order valence-electron chi connectivity index (χ2n) is 13.0. The van der Waals surface area contributed by atoms with Crippen LogP contribution in [0.1, 0.15) is 148 Å². The fourth-order valence-electron chi connectivity index (χ4n) is 5.12. The quantitative estimate of drug-likeness (QED) is 0.0405. The summed E-state index contributed by atoms with van der Waals surface area (Å²) < 4.78 is 10.7. The van der Waals surface area contributed by atoms with Crippen LogP contribution in [-0.2, 0) is 19.1 Å². The third-order valence-corrected chi connectivity index (χ3v) is 7.88. The molecule has 7 nitrogen and oxygen atoms in total. The van der Waals surface area contributed by atoms with E-state index in [9.17, 15) is 19.8 Å². The number of hydrogen-bond donors (Lipinski definition) is 1. The number of rotatable bonds is 31. The number of aliphatic hydroxyl groups is 1. The molecule has 0 spiro atoms. The molecule has 0 rings (SSSR count). The van der Waals surface area contributed by atoms with Crippen LogP contribution in [0.2, 0.25) is 0 Å². The molecule has 2 unspecified atom stereocenters. The highest BCUT2D eigenvalue weighted by Crippen LogP contribution is 2.13. The number of unbranched alkanes of at least 4 members (excludes halogenated alkanes) is 18. The molecule has 0 bridgehead atoms. The van der Waals surface area contributed by atoms with E-state index in [2.05, 4.69) is 19.1 Å². The Balaban J connectivity index is 3.44. The predicted octanol–water partition coefficient (Wildman–Crippen LogP) is 6.89. The summed E-state index contributed by atoms with van der Waals surface area (Å²) >= 11 is 0. The highest BCUT2D eigenvalue weighted by molar-refractivity contribution is 5.69. The van der Waals surface area contributed by atoms with Crippen molar-refractivity contribution in [2.24, 2.45) is 0 Å². The largest absolute Gasteiger partial charge is 0.544 e. The minimum atomic E-state index is -1.12. The number of carboxylic acid groups (broad SMARTS) is 1. The SMILES string of the molecule is CCCCCCCCCCCCC/C=C/CCCCCCCCCC(=O)OCC(O)COCCC(C(=O)[O-])[N+](C)(C)C. The molecule has 0 fully saturated rings. The van der Waals surface area contributed by atoms with E-state index in [1.165, 1.54) is 109 Å². The fraction of sp³-hybridized carbons (Fsp3) is 0.886. The van der Waals surface area contributed by atoms with Crippen LogP contribution in [0.15, 0.2) is 12.2 Å². The summed E-state index contributed by atoms with van der Waals surface area (Å²) in [6.45, 7) is 2.36. The Bertz CT molecular complexity index is 660. The molecule has 0 saturated heterocycles. The second-order valence-corrected chi connectivity index (χ2v) is 13.0. The topological polar surface area (TPSA) is 95.9 Å². The molecule has 248 valence electrons. The van der Waals surface area contributed by atoms with Crippen LogP contribution < -0.4 is 5.11 Å². The number of allylic oxidation sites excluding steroid dienone is 2. The van der Waals surface area contributed by atoms with Gasteiger partial charge in [-0.1, -0.05) is 115 Å². The smallest absolute Gasteiger partial charge is 0.305 e. The molecule has 0 aliphatic carbocycles. The number of aliphatic carboxylic acids is 1. The monoisotopic (exact) mass is 597 g/mol. The lowest BCUT2D eigenvalue weighted by atomic mass is 10.0. The van der Waals surface area contributed by atoms with Crippen molar-refractivity contribution in [2.75, 3.05) is 41.0 Å². The summed E-state index contributed by atoms with van der Waals surface area (Å²) in [6.07, 6.45) is 30.3. The van der Waals surface area contributed by atoms with E-state index in [1.54, 1.807) is 21.1 Å². The summed E-state index contributed by atoms with van der Waals surface area (Å²) in [6, 6.07) is -0.684. The van der Waals surface area contributed by atoms with Crippen LogP contribution in [-0.4, -0.2) is 74.6 Å². The minimum Gasteiger partial charge on any atom is -0.544 e. The standard InChI is InChI=1S/C35H67NO6/c1-5-6-7-8-9-10-11-12-13-14-15-16-17-18-19-20-21-22-23-24-25-26-27-34(38)42-31-32(37)30-41-29-28-33(35(39)40)36(2,3)4/h17-18,32-33,37H,5-16,19-31H2,1-4H3/b18-17+. The first-order chi connectivity index (χ1) is 20.2. The zero-order chi connectivity index (χ0) is 31.3. The Hall–Kier alpha value is -1.44. The van der Waals surface area contributed by atoms with E-state index in [0.717, 1.165) is 19.3 Å². The van der Waals surface area contributed by atoms with E-state index < -0.39 is 18.1 Å². The maximum atomic E-state index is 11.9. The van der Waals surface area contributed by atoms with Crippen molar-refractivity contribution in [3.05, 3.63) is 12.2 Å². The molecule has 0 radical (unpaired) electrons. The first-order valence-corrected chi connectivity index (χ1v) is 17.3. The number of quaternary nitrogens is 1. The van der Waals surface area contributed by atoms with Gasteiger partial charge in [0.05, 0.1) is 40.3 Å². The van der Waals surface area contributed by atoms with Crippen LogP contribution >= 0.6 is 0 Å². The van der Waals surface area contributed by atoms with Crippen LogP contribution in [0.3, 0.4) is 0 Å². The number of nitrogens with zero attached hydrogens (tertiary/aromatic N) is 1. The number of carbonyl (C=O) groups excluding carboxylic acids is 2. The van der Waals surface area contributed by atoms with Gasteiger partial charge in [-0.3, -0.25) is 4.79 Å². The van der Waals surface area contributed by atoms with Crippen LogP contribution in [0, 0.1) is 0 Å². The molecule has 7 heteroatoms. The molecular weight excluding hydrogens is 530 g/mol. The zero-order valence-corrected chi connectivity index (χ0v) is 27.9. The van der Waals surface area contributed by atoms with Crippen molar-refractivity contribution >= 4 is 11.9 Å². The Morgan fingerprint density at radius 3 is 1.62 bits per heavy atom. The average molecular weight is 598 g/mol. The van der Waals surface area contributed by atoms with Gasteiger partial charge in [-0.2, -0.15) is 0 Å². The summed E-state index contributed by atoms with van der Waals surface area (Å²) in [7, 11) is 5.36. The number of ether oxygens (including phenoxy) is 2. The van der Waals surface area contributed by atoms with Crippen LogP contribution in [0.4, 0.5) is 0 Å². The third kappa shape index (κ3) is 27.4. The van der Waals surface area contributed by atoms with Gasteiger partial charge in [-0.15, -0.1) is 0 Å². The van der Waals surface area contributed by atoms with Crippen molar-refractivity contribution in [1.82, 2.24) is 0 Å². The van der Waals surface area contributed by atoms with E-state index in [-0.39, 0.29) is 36.7 Å². The number of likely N-dealkylation sites (N-methyl/N-ethyl adjacent to an activating group) is 1. The van der Waals surface area contributed by atoms with Gasteiger partial charge < -0.3 is 29.0 Å². The normalized spacial score (nSPS) is 13.5. The van der Waals surface area contributed by atoms with Gasteiger partial charge in [0.25, 0.3) is 0 Å². The van der Waals surface area contributed by atoms with Gasteiger partial charge in [0.15, 0.2) is 0 Å². The molecule has 2 atom stereocenters. The highest BCUT2D eigenvalue weighted by atomic mass is 16.5. The van der Waals surface area contributed by atoms with Gasteiger partial charge >= 0.3 is 5.97 Å². The van der Waals surface area contributed by atoms with E-state index in [0.29, 0.717) is 6.42 Å². The number of aliphatic hydroxyl groups excluding tert-OH is 1. The van der Waals surface area contributed by atoms with Crippen molar-refractivity contribution in [3.8, 4) is 0 Å². The molecule has 1 N–H and O–H groups in total. The maximum Gasteiger partial charge on any atom is 0.305 e. The molecule has 0 saturated carbocycles. The molecule has 42 heavy (non-hydrogen) atoms. The van der Waals surface area contributed by atoms with Crippen molar-refractivity contribution in [1.29, 1.82) is 0 Å². The van der Waals surface area contributed by atoms with Gasteiger partial charge in [0, 0.05) is 12.8 Å². The number of carbonyl (C=O) groups is 2. The molecule has 0 aliphatic heterocycles. The molecule has 0 aromatic heterocycles. The lowest BCUT2D eigenvalue weighted by Crippen LogP contribution is -2.55. The van der Waals surface area contributed by atoms with E-state index in [1.807, 2.05) is 0 Å². The molecule has 0 amide bonds. The summed E-state index contributed by atoms with van der Waals surface area (Å²) in [5, 5.41) is 21.2. The number of esters is 1. The minimum absolute atomic E-state index is 0.000613. The van der Waals surface area contributed by atoms with Crippen LogP contribution in [0.5, 0.6) is 0 Å². The third-order valence-electron chi connectivity index (χ3n) is 7.88. The first kappa shape index (κ1) is 40.6. The Morgan fingerprint density at radius 1 is 0.714 bits per heavy atom. The fourth-order valence-corrected chi connectivity index (χ4v) is 5.12. The molecule has 0 heterocycles. The Kier molecular flexibility index (Phi) is 27.4. The number of carboxylic acids is 1. The number of hydrogen-bond acceptors (Lipinski definition) is 6. The molecule has 0 aromatic carbocycles. The van der Waals surface area contributed by atoms with Crippen molar-refractivity contribution in [3.63, 3.8) is 0 Å². The lowest BCUT2D eigenvalue weighted by molar-refractivity contribution is -0.889. The first-order valence-electron chi connectivity index (χ1n) is 17.3. The zero-order valence-electron chi connectivity index (χ0n) is 27.9. The van der Waals surface area contributed by atoms with Crippen molar-refractivity contribution in [2.45, 2.75) is 160 Å².